The summed E-state index contributed by atoms with van der Waals surface area (Å²) in [6, 6.07) is 8.11. The van der Waals surface area contributed by atoms with Crippen LogP contribution in [0.3, 0.4) is 0 Å². The number of aromatic nitrogens is 1. The number of carbonyl (C=O) groups excluding carboxylic acids is 1. The Hall–Kier alpha value is -1.63. The van der Waals surface area contributed by atoms with Crippen molar-refractivity contribution < 1.29 is 30.0 Å². The van der Waals surface area contributed by atoms with Gasteiger partial charge >= 0.3 is 0 Å². The van der Waals surface area contributed by atoms with Gasteiger partial charge in [-0.1, -0.05) is 23.5 Å². The Bertz CT molecular complexity index is 1190. The molecule has 0 bridgehead atoms. The van der Waals surface area contributed by atoms with E-state index in [2.05, 4.69) is 4.98 Å². The number of thiophene rings is 1. The number of rotatable bonds is 7. The summed E-state index contributed by atoms with van der Waals surface area (Å²) >= 11 is 2.50. The number of nitrogens with zero attached hydrogens (tertiary/aromatic N) is 4. The van der Waals surface area contributed by atoms with Crippen molar-refractivity contribution in [1.82, 2.24) is 14.2 Å². The van der Waals surface area contributed by atoms with E-state index in [1.807, 2.05) is 19.0 Å². The number of hydrogen-bond acceptors (Lipinski definition) is 7. The van der Waals surface area contributed by atoms with Gasteiger partial charge in [0.05, 0.1) is 4.70 Å². The van der Waals surface area contributed by atoms with Crippen LogP contribution in [0.5, 0.6) is 0 Å². The van der Waals surface area contributed by atoms with E-state index in [1.165, 1.54) is 33.0 Å². The minimum atomic E-state index is -3.52. The van der Waals surface area contributed by atoms with Crippen LogP contribution in [0, 0.1) is 11.7 Å². The molecule has 7 nitrogen and oxygen atoms in total. The molecule has 4 rings (SSSR count). The number of thiazole rings is 1. The first-order valence-corrected chi connectivity index (χ1v) is 13.5. The summed E-state index contributed by atoms with van der Waals surface area (Å²) in [5, 5.41) is 2.22. The van der Waals surface area contributed by atoms with Gasteiger partial charge in [0.2, 0.25) is 5.91 Å². The van der Waals surface area contributed by atoms with E-state index in [-0.39, 0.29) is 29.7 Å². The zero-order valence-corrected chi connectivity index (χ0v) is 21.5. The molecule has 1 fully saturated rings. The molecule has 2 aromatic heterocycles. The number of halogens is 2. The molecule has 0 spiro atoms. The van der Waals surface area contributed by atoms with Gasteiger partial charge in [-0.3, -0.25) is 9.69 Å². The van der Waals surface area contributed by atoms with Crippen molar-refractivity contribution >= 4 is 54.0 Å². The lowest BCUT2D eigenvalue weighted by molar-refractivity contribution is -0.123. The highest BCUT2D eigenvalue weighted by molar-refractivity contribution is 7.91. The highest BCUT2D eigenvalue weighted by Gasteiger charge is 2.35. The molecule has 0 N–H and O–H groups in total. The van der Waals surface area contributed by atoms with E-state index >= 15 is 0 Å². The molecule has 1 aliphatic rings. The number of para-hydroxylation sites is 1. The predicted octanol–water partition coefficient (Wildman–Crippen LogP) is 0.496. The molecular formula is C21H25ClFN4O3S3-. The topological polar surface area (TPSA) is 73.8 Å². The highest BCUT2D eigenvalue weighted by atomic mass is 35.5. The second-order valence-corrected chi connectivity index (χ2v) is 12.1. The molecule has 0 radical (unpaired) electrons. The molecule has 3 aromatic rings. The molecule has 0 aliphatic carbocycles. The van der Waals surface area contributed by atoms with Crippen LogP contribution in [0.15, 0.2) is 39.9 Å². The summed E-state index contributed by atoms with van der Waals surface area (Å²) in [6.45, 7) is 1.66. The fraction of sp³-hybridized carbons (Fsp3) is 0.429. The van der Waals surface area contributed by atoms with E-state index in [0.717, 1.165) is 0 Å². The van der Waals surface area contributed by atoms with Crippen LogP contribution >= 0.6 is 22.7 Å². The Labute approximate surface area is 207 Å². The second kappa shape index (κ2) is 10.7. The second-order valence-electron chi connectivity index (χ2n) is 7.99. The Morgan fingerprint density at radius 1 is 1.18 bits per heavy atom. The summed E-state index contributed by atoms with van der Waals surface area (Å²) < 4.78 is 42.2. The minimum Gasteiger partial charge on any atom is -1.00 e. The quantitative estimate of drug-likeness (QED) is 0.444. The van der Waals surface area contributed by atoms with Crippen molar-refractivity contribution in [3.63, 3.8) is 0 Å². The maximum absolute atomic E-state index is 14.2. The van der Waals surface area contributed by atoms with Crippen LogP contribution < -0.4 is 17.3 Å². The third-order valence-electron chi connectivity index (χ3n) is 5.52. The molecule has 1 aliphatic heterocycles. The molecule has 180 valence electrons. The van der Waals surface area contributed by atoms with Crippen LogP contribution in [0.4, 0.5) is 9.52 Å². The van der Waals surface area contributed by atoms with Crippen LogP contribution in [-0.2, 0) is 14.8 Å². The summed E-state index contributed by atoms with van der Waals surface area (Å²) in [7, 11) is 0.335. The van der Waals surface area contributed by atoms with Crippen LogP contribution in [0.1, 0.15) is 12.8 Å². The van der Waals surface area contributed by atoms with E-state index in [1.54, 1.807) is 34.5 Å². The lowest BCUT2D eigenvalue weighted by Crippen LogP contribution is -3.00. The number of carbonyl (C=O) groups is 1. The van der Waals surface area contributed by atoms with Gasteiger partial charge in [0.1, 0.15) is 15.5 Å². The van der Waals surface area contributed by atoms with Gasteiger partial charge in [0.15, 0.2) is 5.13 Å². The first-order valence-electron chi connectivity index (χ1n) is 10.3. The molecule has 12 heteroatoms. The summed E-state index contributed by atoms with van der Waals surface area (Å²) in [6.07, 6.45) is 0.891. The molecule has 0 saturated carbocycles. The monoisotopic (exact) mass is 531 g/mol. The number of amides is 1. The van der Waals surface area contributed by atoms with E-state index in [9.17, 15) is 17.6 Å². The van der Waals surface area contributed by atoms with Crippen molar-refractivity contribution in [1.29, 1.82) is 0 Å². The molecule has 1 aromatic carbocycles. The maximum atomic E-state index is 14.2. The van der Waals surface area contributed by atoms with Gasteiger partial charge in [-0.05, 0) is 50.5 Å². The number of fused-ring (bicyclic) bond motifs is 1. The Morgan fingerprint density at radius 2 is 1.91 bits per heavy atom. The first kappa shape index (κ1) is 26.0. The maximum Gasteiger partial charge on any atom is 0.252 e. The van der Waals surface area contributed by atoms with E-state index < -0.39 is 15.8 Å². The molecule has 33 heavy (non-hydrogen) atoms. The molecule has 0 unspecified atom stereocenters. The smallest absolute Gasteiger partial charge is 0.252 e. The summed E-state index contributed by atoms with van der Waals surface area (Å²) in [5.74, 6) is -0.791. The lowest BCUT2D eigenvalue weighted by atomic mass is 9.96. The number of benzene rings is 1. The molecular weight excluding hydrogens is 507 g/mol. The third kappa shape index (κ3) is 5.55. The SMILES string of the molecule is CN(C)CCN(C(=O)C1CCN(S(=O)(=O)c2cccs2)CC1)c1nc2c(F)cccc2s1.[Cl-]. The molecule has 3 heterocycles. The highest BCUT2D eigenvalue weighted by Crippen LogP contribution is 2.33. The fourth-order valence-corrected chi connectivity index (χ4v) is 7.35. The van der Waals surface area contributed by atoms with Gasteiger partial charge in [-0.2, -0.15) is 4.31 Å². The van der Waals surface area contributed by atoms with Gasteiger partial charge in [0, 0.05) is 32.1 Å². The zero-order valence-electron chi connectivity index (χ0n) is 18.3. The standard InChI is InChI=1S/C21H25FN4O3S3.ClH/c1-24(2)12-13-26(21-23-19-16(22)5-3-6-17(19)31-21)20(27)15-8-10-25(11-9-15)32(28,29)18-7-4-14-30-18;/h3-7,14-15H,8-13H2,1-2H3;1H/p-1. The van der Waals surface area contributed by atoms with Crippen molar-refractivity contribution in [2.24, 2.45) is 5.92 Å². The number of sulfonamides is 1. The Balaban J connectivity index is 0.00000306. The third-order valence-corrected chi connectivity index (χ3v) is 9.83. The van der Waals surface area contributed by atoms with Crippen molar-refractivity contribution in [2.75, 3.05) is 45.2 Å². The normalized spacial score (nSPS) is 15.6. The van der Waals surface area contributed by atoms with E-state index in [4.69, 9.17) is 0 Å². The van der Waals surface area contributed by atoms with Crippen molar-refractivity contribution in [2.45, 2.75) is 17.1 Å². The van der Waals surface area contributed by atoms with Crippen LogP contribution in [-0.4, -0.2) is 68.8 Å². The summed E-state index contributed by atoms with van der Waals surface area (Å²) in [5.41, 5.74) is 0.270. The molecule has 1 amide bonds. The van der Waals surface area contributed by atoms with Gasteiger partial charge < -0.3 is 17.3 Å². The Kier molecular flexibility index (Phi) is 8.46. The van der Waals surface area contributed by atoms with Crippen molar-refractivity contribution in [3.8, 4) is 0 Å². The van der Waals surface area contributed by atoms with Crippen molar-refractivity contribution in [3.05, 3.63) is 41.5 Å². The fourth-order valence-electron chi connectivity index (χ4n) is 3.72. The van der Waals surface area contributed by atoms with Crippen LogP contribution in [0.2, 0.25) is 0 Å². The summed E-state index contributed by atoms with van der Waals surface area (Å²) in [4.78, 5) is 21.5. The number of likely N-dealkylation sites (N-methyl/N-ethyl adjacent to an activating group) is 1. The zero-order chi connectivity index (χ0) is 22.9. The van der Waals surface area contributed by atoms with E-state index in [0.29, 0.717) is 53.1 Å². The number of anilines is 1. The minimum absolute atomic E-state index is 0. The first-order chi connectivity index (χ1) is 15.3. The Morgan fingerprint density at radius 3 is 2.52 bits per heavy atom. The average molecular weight is 532 g/mol. The van der Waals surface area contributed by atoms with Gasteiger partial charge in [-0.15, -0.1) is 11.3 Å². The van der Waals surface area contributed by atoms with Gasteiger partial charge in [0.25, 0.3) is 10.0 Å². The number of piperidine rings is 1. The average Bonchev–Trinajstić information content (AvgIpc) is 3.45. The van der Waals surface area contributed by atoms with Gasteiger partial charge in [-0.25, -0.2) is 17.8 Å². The van der Waals surface area contributed by atoms with Crippen LogP contribution in [0.25, 0.3) is 10.2 Å². The molecule has 1 saturated heterocycles. The lowest BCUT2D eigenvalue weighted by Gasteiger charge is -2.33. The molecule has 0 atom stereocenters. The number of hydrogen-bond donors (Lipinski definition) is 0. The predicted molar refractivity (Wildman–Crippen MR) is 126 cm³/mol. The largest absolute Gasteiger partial charge is 1.00 e.